The molecule has 0 aromatic heterocycles. The first-order chi connectivity index (χ1) is 3.71. The van der Waals surface area contributed by atoms with E-state index in [1.807, 2.05) is 0 Å². The molecule has 24 N–H and O–H groups in total. The first kappa shape index (κ1) is 46.1. The molecule has 0 saturated carbocycles. The van der Waals surface area contributed by atoms with Crippen LogP contribution in [0.3, 0.4) is 0 Å². The lowest BCUT2D eigenvalue weighted by molar-refractivity contribution is 0.0406. The Labute approximate surface area is 88.8 Å². The summed E-state index contributed by atoms with van der Waals surface area (Å²) in [6.07, 6.45) is 0. The highest BCUT2D eigenvalue weighted by molar-refractivity contribution is 6.63. The quantitative estimate of drug-likeness (QED) is 0.221. The third-order valence-corrected chi connectivity index (χ3v) is 2.46. The van der Waals surface area contributed by atoms with Gasteiger partial charge in [-0.2, -0.15) is 0 Å². The van der Waals surface area contributed by atoms with Crippen molar-refractivity contribution in [3.63, 3.8) is 0 Å². The Morgan fingerprint density at radius 3 is 0.600 bits per heavy atom. The van der Waals surface area contributed by atoms with Crippen molar-refractivity contribution in [1.29, 1.82) is 0 Å². The summed E-state index contributed by atoms with van der Waals surface area (Å²) in [5, 5.41) is 0. The van der Waals surface area contributed by atoms with E-state index < -0.39 is 18.1 Å². The van der Waals surface area contributed by atoms with Gasteiger partial charge < -0.3 is 69.8 Å². The molecule has 0 unspecified atom stereocenters. The molecule has 0 aromatic carbocycles. The van der Waals surface area contributed by atoms with Crippen LogP contribution < -0.4 is 36.9 Å². The van der Waals surface area contributed by atoms with E-state index in [2.05, 4.69) is 4.12 Å². The van der Waals surface area contributed by atoms with Crippen molar-refractivity contribution in [3.05, 3.63) is 0 Å². The van der Waals surface area contributed by atoms with Crippen LogP contribution in [-0.4, -0.2) is 46.9 Å². The van der Waals surface area contributed by atoms with Gasteiger partial charge in [0.1, 0.15) is 0 Å². The summed E-state index contributed by atoms with van der Waals surface area (Å²) in [4.78, 5) is 47.6. The third-order valence-electron chi connectivity index (χ3n) is 0.274. The SMILES string of the molecule is N.N.N.N.N.N.O[Si](O)(O)O[Si](O)(O)O. The van der Waals surface area contributed by atoms with Gasteiger partial charge in [0, 0.05) is 0 Å². The molecule has 0 saturated heterocycles. The Hall–Kier alpha value is -0.0862. The summed E-state index contributed by atoms with van der Waals surface area (Å²) in [5.41, 5.74) is 0. The maximum absolute atomic E-state index is 7.94. The van der Waals surface area contributed by atoms with Gasteiger partial charge in [-0.3, -0.25) is 0 Å². The smallest absolute Gasteiger partial charge is 0.368 e. The Morgan fingerprint density at radius 1 is 0.467 bits per heavy atom. The van der Waals surface area contributed by atoms with E-state index in [-0.39, 0.29) is 36.9 Å². The van der Waals surface area contributed by atoms with Crippen molar-refractivity contribution >= 4 is 18.1 Å². The van der Waals surface area contributed by atoms with E-state index in [4.69, 9.17) is 28.8 Å². The van der Waals surface area contributed by atoms with E-state index in [1.165, 1.54) is 0 Å². The van der Waals surface area contributed by atoms with E-state index in [0.29, 0.717) is 0 Å². The first-order valence-electron chi connectivity index (χ1n) is 1.75. The molecule has 15 heteroatoms. The molecular formula is H24N6O7Si2. The minimum absolute atomic E-state index is 0. The largest absolute Gasteiger partial charge is 0.665 e. The molecule has 0 aliphatic carbocycles. The second-order valence-electron chi connectivity index (χ2n) is 1.25. The minimum atomic E-state index is -4.98. The van der Waals surface area contributed by atoms with E-state index in [0.717, 1.165) is 0 Å². The van der Waals surface area contributed by atoms with Crippen molar-refractivity contribution in [2.75, 3.05) is 0 Å². The molecule has 0 rings (SSSR count). The van der Waals surface area contributed by atoms with Crippen LogP contribution in [0.25, 0.3) is 0 Å². The summed E-state index contributed by atoms with van der Waals surface area (Å²) in [6, 6.07) is 0. The van der Waals surface area contributed by atoms with Crippen LogP contribution in [-0.2, 0) is 4.12 Å². The topological polar surface area (TPSA) is 341 Å². The molecule has 15 heavy (non-hydrogen) atoms. The zero-order valence-corrected chi connectivity index (χ0v) is 10.3. The summed E-state index contributed by atoms with van der Waals surface area (Å²) in [5.74, 6) is 0. The van der Waals surface area contributed by atoms with Crippen molar-refractivity contribution < 1.29 is 32.9 Å². The van der Waals surface area contributed by atoms with Crippen molar-refractivity contribution in [2.45, 2.75) is 0 Å². The molecule has 0 radical (unpaired) electrons. The lowest BCUT2D eigenvalue weighted by atomic mass is 14.0. The first-order valence-corrected chi connectivity index (χ1v) is 5.25. The van der Waals surface area contributed by atoms with Gasteiger partial charge in [-0.05, 0) is 0 Å². The number of hydrogen-bond acceptors (Lipinski definition) is 13. The Kier molecular flexibility index (Phi) is 42.8. The van der Waals surface area contributed by atoms with Gasteiger partial charge in [0.05, 0.1) is 0 Å². The van der Waals surface area contributed by atoms with Crippen molar-refractivity contribution in [3.8, 4) is 0 Å². The molecule has 0 heterocycles. The third kappa shape index (κ3) is 56.5. The molecular weight excluding hydrogens is 252 g/mol. The Balaban J connectivity index is -0.0000000213. The maximum Gasteiger partial charge on any atom is 0.665 e. The molecule has 13 nitrogen and oxygen atoms in total. The lowest BCUT2D eigenvalue weighted by Gasteiger charge is -2.13. The minimum Gasteiger partial charge on any atom is -0.368 e. The highest BCUT2D eigenvalue weighted by Crippen LogP contribution is 1.95. The molecule has 0 aliphatic heterocycles. The molecule has 0 aromatic rings. The van der Waals surface area contributed by atoms with Gasteiger partial charge in [0.25, 0.3) is 0 Å². The standard InChI is InChI=1S/6H3N.H6O7Si2/c;;;;;;1-8(2,3)7-9(4,5)6/h6*1H3;1-6H. The van der Waals surface area contributed by atoms with Crippen LogP contribution in [0.5, 0.6) is 0 Å². The zero-order chi connectivity index (χ0) is 7.71. The highest BCUT2D eigenvalue weighted by Gasteiger charge is 2.45. The van der Waals surface area contributed by atoms with Crippen LogP contribution in [0.15, 0.2) is 0 Å². The fraction of sp³-hybridized carbons (Fsp3) is 0. The maximum atomic E-state index is 7.94. The van der Waals surface area contributed by atoms with E-state index in [1.54, 1.807) is 0 Å². The average Bonchev–Trinajstić information content (AvgIpc) is 1.14. The predicted molar refractivity (Wildman–Crippen MR) is 56.0 cm³/mol. The van der Waals surface area contributed by atoms with Gasteiger partial charge in [0.2, 0.25) is 0 Å². The monoisotopic (exact) mass is 276 g/mol. The van der Waals surface area contributed by atoms with Gasteiger partial charge in [-0.25, -0.2) is 0 Å². The van der Waals surface area contributed by atoms with Gasteiger partial charge in [-0.15, -0.1) is 0 Å². The highest BCUT2D eigenvalue weighted by atomic mass is 28.5. The normalized spacial score (nSPS) is 8.40. The van der Waals surface area contributed by atoms with Gasteiger partial charge in [0.15, 0.2) is 0 Å². The summed E-state index contributed by atoms with van der Waals surface area (Å²) >= 11 is 0. The zero-order valence-electron chi connectivity index (χ0n) is 8.33. The van der Waals surface area contributed by atoms with Gasteiger partial charge >= 0.3 is 18.1 Å². The fourth-order valence-corrected chi connectivity index (χ4v) is 1.65. The van der Waals surface area contributed by atoms with Crippen LogP contribution in [0.4, 0.5) is 0 Å². The van der Waals surface area contributed by atoms with Crippen LogP contribution in [0, 0.1) is 0 Å². The fourth-order valence-electron chi connectivity index (χ4n) is 0.184. The Morgan fingerprint density at radius 2 is 0.600 bits per heavy atom. The van der Waals surface area contributed by atoms with Crippen molar-refractivity contribution in [2.24, 2.45) is 0 Å². The van der Waals surface area contributed by atoms with Crippen LogP contribution >= 0.6 is 0 Å². The number of rotatable bonds is 2. The molecule has 0 aliphatic rings. The van der Waals surface area contributed by atoms with Gasteiger partial charge in [-0.1, -0.05) is 0 Å². The van der Waals surface area contributed by atoms with Crippen LogP contribution in [0.2, 0.25) is 0 Å². The molecule has 0 amide bonds. The second kappa shape index (κ2) is 13.9. The molecule has 0 bridgehead atoms. The van der Waals surface area contributed by atoms with E-state index >= 15 is 0 Å². The predicted octanol–water partition coefficient (Wildman–Crippen LogP) is -3.20. The second-order valence-corrected chi connectivity index (χ2v) is 4.36. The molecule has 104 valence electrons. The summed E-state index contributed by atoms with van der Waals surface area (Å²) in [6.45, 7) is 0. The van der Waals surface area contributed by atoms with Crippen LogP contribution in [0.1, 0.15) is 0 Å². The van der Waals surface area contributed by atoms with E-state index in [9.17, 15) is 0 Å². The molecule has 0 fully saturated rings. The molecule has 0 atom stereocenters. The molecule has 0 spiro atoms. The average molecular weight is 276 g/mol. The summed E-state index contributed by atoms with van der Waals surface area (Å²) < 4.78 is 3.24. The lowest BCUT2D eigenvalue weighted by Crippen LogP contribution is -2.53. The Bertz CT molecular complexity index is 86.6. The summed E-state index contributed by atoms with van der Waals surface area (Å²) in [7, 11) is -9.96. The number of hydrogen-bond donors (Lipinski definition) is 12. The van der Waals surface area contributed by atoms with Crippen molar-refractivity contribution in [1.82, 2.24) is 36.9 Å².